The van der Waals surface area contributed by atoms with E-state index in [0.29, 0.717) is 5.69 Å². The number of ketones is 1. The van der Waals surface area contributed by atoms with E-state index in [0.717, 1.165) is 11.0 Å². The molecular formula is C31H30ClN5O3. The van der Waals surface area contributed by atoms with E-state index in [1.54, 1.807) is 12.1 Å². The van der Waals surface area contributed by atoms with Crippen molar-refractivity contribution in [2.75, 3.05) is 32.4 Å². The number of rotatable bonds is 12. The van der Waals surface area contributed by atoms with Crippen LogP contribution >= 0.6 is 11.6 Å². The second-order valence-electron chi connectivity index (χ2n) is 8.46. The Morgan fingerprint density at radius 1 is 1.23 bits per heavy atom. The van der Waals surface area contributed by atoms with Crippen LogP contribution in [0.4, 0.5) is 11.4 Å². The van der Waals surface area contributed by atoms with Gasteiger partial charge in [0.25, 0.3) is 0 Å². The summed E-state index contributed by atoms with van der Waals surface area (Å²) in [4.78, 5) is 22.3. The summed E-state index contributed by atoms with van der Waals surface area (Å²) in [6, 6.07) is 13.8. The molecule has 0 fully saturated rings. The van der Waals surface area contributed by atoms with Gasteiger partial charge in [0, 0.05) is 56.3 Å². The molecule has 40 heavy (non-hydrogen) atoms. The molecule has 0 radical (unpaired) electrons. The summed E-state index contributed by atoms with van der Waals surface area (Å²) in [5.41, 5.74) is 0.870. The van der Waals surface area contributed by atoms with E-state index < -0.39 is 39.1 Å². The van der Waals surface area contributed by atoms with E-state index in [4.69, 9.17) is 34.8 Å². The highest BCUT2D eigenvalue weighted by atomic mass is 35.5. The van der Waals surface area contributed by atoms with Gasteiger partial charge in [-0.2, -0.15) is 5.26 Å². The van der Waals surface area contributed by atoms with Gasteiger partial charge in [0.15, 0.2) is 5.78 Å². The van der Waals surface area contributed by atoms with Crippen LogP contribution < -0.4 is 14.8 Å². The SMILES string of the molecule is [2H]C([2H])(Oc1ccc(Nc2c(C#N)cnc3cc(OC([2H])([2H])C([2H])([2H])[2H])c(CC(=O)/C=C/CN(C)C([2H])([2H])[2H])cc23)cc1Cl)c1ccccn1. The van der Waals surface area contributed by atoms with Gasteiger partial charge in [0.05, 0.1) is 39.5 Å². The standard InChI is InChI=1S/C31H30ClN5O3/c1-4-39-30-17-28-26(15-21(30)14-25(38)9-7-13-37(2)3)31(22(18-33)19-35-28)36-23-10-11-29(27(32)16-23)40-20-24-8-5-6-12-34-24/h5-12,15-17,19H,4,13-14,20H2,1-3H3,(H,35,36)/b9-7+/i1D3,2D3,4D2,20D2. The lowest BCUT2D eigenvalue weighted by atomic mass is 10.0. The van der Waals surface area contributed by atoms with E-state index in [-0.39, 0.29) is 56.5 Å². The molecule has 0 aliphatic heterocycles. The number of nitrogens with zero attached hydrogens (tertiary/aromatic N) is 4. The van der Waals surface area contributed by atoms with Crippen LogP contribution in [0.3, 0.4) is 0 Å². The summed E-state index contributed by atoms with van der Waals surface area (Å²) in [6.07, 6.45) is 4.75. The molecule has 0 atom stereocenters. The Morgan fingerprint density at radius 2 is 2.12 bits per heavy atom. The summed E-state index contributed by atoms with van der Waals surface area (Å²) in [5, 5.41) is 13.3. The van der Waals surface area contributed by atoms with E-state index in [2.05, 4.69) is 15.3 Å². The average Bonchev–Trinajstić information content (AvgIpc) is 3.02. The van der Waals surface area contributed by atoms with Crippen molar-refractivity contribution in [2.45, 2.75) is 19.8 Å². The van der Waals surface area contributed by atoms with Crippen LogP contribution in [0.25, 0.3) is 10.9 Å². The zero-order valence-corrected chi connectivity index (χ0v) is 22.0. The summed E-state index contributed by atoms with van der Waals surface area (Å²) < 4.78 is 88.5. The molecule has 2 heterocycles. The Labute approximate surface area is 252 Å². The summed E-state index contributed by atoms with van der Waals surface area (Å²) in [6.45, 7) is -11.1. The van der Waals surface area contributed by atoms with Gasteiger partial charge in [0.2, 0.25) is 0 Å². The largest absolute Gasteiger partial charge is 0.494 e. The van der Waals surface area contributed by atoms with Gasteiger partial charge >= 0.3 is 0 Å². The lowest BCUT2D eigenvalue weighted by Gasteiger charge is -2.16. The molecule has 0 unspecified atom stereocenters. The van der Waals surface area contributed by atoms with Crippen LogP contribution in [0.5, 0.6) is 11.5 Å². The van der Waals surface area contributed by atoms with E-state index in [1.165, 1.54) is 61.9 Å². The highest BCUT2D eigenvalue weighted by molar-refractivity contribution is 6.32. The number of benzene rings is 2. The Kier molecular flexibility index (Phi) is 6.10. The average molecular weight is 566 g/mol. The van der Waals surface area contributed by atoms with Crippen LogP contribution in [0, 0.1) is 11.3 Å². The second-order valence-corrected chi connectivity index (χ2v) is 8.86. The fourth-order valence-electron chi connectivity index (χ4n) is 3.70. The molecule has 0 amide bonds. The van der Waals surface area contributed by atoms with E-state index in [9.17, 15) is 10.1 Å². The number of anilines is 2. The Morgan fingerprint density at radius 3 is 2.88 bits per heavy atom. The van der Waals surface area contributed by atoms with Crippen molar-refractivity contribution in [3.05, 3.63) is 94.9 Å². The molecule has 4 aromatic rings. The predicted molar refractivity (Wildman–Crippen MR) is 157 cm³/mol. The van der Waals surface area contributed by atoms with Crippen molar-refractivity contribution in [2.24, 2.45) is 0 Å². The first kappa shape index (κ1) is 18.0. The van der Waals surface area contributed by atoms with Crippen LogP contribution in [0.2, 0.25) is 5.02 Å². The Hall–Kier alpha value is -4.45. The van der Waals surface area contributed by atoms with Gasteiger partial charge in [-0.15, -0.1) is 0 Å². The molecule has 0 saturated carbocycles. The number of nitriles is 1. The third kappa shape index (κ3) is 7.35. The van der Waals surface area contributed by atoms with Gasteiger partial charge in [-0.05, 0) is 63.3 Å². The molecule has 9 heteroatoms. The minimum atomic E-state index is -3.19. The minimum Gasteiger partial charge on any atom is -0.494 e. The number of likely N-dealkylation sites (N-methyl/N-ethyl adjacent to an activating group) is 1. The van der Waals surface area contributed by atoms with Gasteiger partial charge < -0.3 is 19.7 Å². The summed E-state index contributed by atoms with van der Waals surface area (Å²) in [7, 11) is 1.36. The number of pyridine rings is 2. The molecular weight excluding hydrogens is 526 g/mol. The van der Waals surface area contributed by atoms with Crippen molar-refractivity contribution in [1.29, 1.82) is 5.26 Å². The molecule has 204 valence electrons. The monoisotopic (exact) mass is 565 g/mol. The maximum Gasteiger partial charge on any atom is 0.159 e. The third-order valence-electron chi connectivity index (χ3n) is 5.51. The maximum atomic E-state index is 13.0. The summed E-state index contributed by atoms with van der Waals surface area (Å²) in [5.74, 6) is -0.804. The molecule has 4 rings (SSSR count). The number of hydrogen-bond acceptors (Lipinski definition) is 8. The van der Waals surface area contributed by atoms with Crippen molar-refractivity contribution in [3.63, 3.8) is 0 Å². The van der Waals surface area contributed by atoms with Crippen LogP contribution in [-0.4, -0.2) is 47.8 Å². The normalized spacial score (nSPS) is 16.1. The Balaban J connectivity index is 1.73. The minimum absolute atomic E-state index is 0.0113. The maximum absolute atomic E-state index is 13.0. The Bertz CT molecular complexity index is 1950. The first-order chi connectivity index (χ1) is 23.2. The van der Waals surface area contributed by atoms with Crippen molar-refractivity contribution >= 4 is 39.7 Å². The molecule has 0 bridgehead atoms. The van der Waals surface area contributed by atoms with Crippen molar-refractivity contribution < 1.29 is 28.0 Å². The number of carbonyl (C=O) groups is 1. The lowest BCUT2D eigenvalue weighted by molar-refractivity contribution is -0.114. The smallest absolute Gasteiger partial charge is 0.159 e. The second kappa shape index (κ2) is 13.6. The van der Waals surface area contributed by atoms with Gasteiger partial charge in [-0.25, -0.2) is 0 Å². The van der Waals surface area contributed by atoms with Gasteiger partial charge in [-0.1, -0.05) is 23.7 Å². The molecule has 1 N–H and O–H groups in total. The molecule has 2 aromatic carbocycles. The van der Waals surface area contributed by atoms with Crippen LogP contribution in [0.15, 0.2) is 73.1 Å². The number of ether oxygens (including phenoxy) is 2. The predicted octanol–water partition coefficient (Wildman–Crippen LogP) is 6.11. The molecule has 2 aromatic heterocycles. The number of halogens is 1. The fraction of sp³-hybridized carbons (Fsp3) is 0.226. The number of aromatic nitrogens is 2. The third-order valence-corrected chi connectivity index (χ3v) is 5.81. The zero-order chi connectivity index (χ0) is 37.1. The number of fused-ring (bicyclic) bond motifs is 1. The molecule has 0 aliphatic carbocycles. The number of carbonyl (C=O) groups excluding carboxylic acids is 1. The quantitative estimate of drug-likeness (QED) is 0.205. The highest BCUT2D eigenvalue weighted by Crippen LogP contribution is 2.36. The topological polar surface area (TPSA) is 100 Å². The number of nitrogens with one attached hydrogen (secondary N) is 1. The van der Waals surface area contributed by atoms with Crippen LogP contribution in [-0.2, 0) is 17.8 Å². The van der Waals surface area contributed by atoms with E-state index >= 15 is 0 Å². The number of hydrogen-bond donors (Lipinski definition) is 1. The summed E-state index contributed by atoms with van der Waals surface area (Å²) >= 11 is 6.46. The van der Waals surface area contributed by atoms with Gasteiger partial charge in [0.1, 0.15) is 24.1 Å². The van der Waals surface area contributed by atoms with Crippen molar-refractivity contribution in [3.8, 4) is 17.6 Å². The van der Waals surface area contributed by atoms with Crippen LogP contribution in [0.1, 0.15) is 37.4 Å². The molecule has 8 nitrogen and oxygen atoms in total. The van der Waals surface area contributed by atoms with Gasteiger partial charge in [-0.3, -0.25) is 14.8 Å². The first-order valence-electron chi connectivity index (χ1n) is 16.8. The zero-order valence-electron chi connectivity index (χ0n) is 31.2. The first-order valence-corrected chi connectivity index (χ1v) is 12.2. The molecule has 0 spiro atoms. The molecule has 0 aliphatic rings. The lowest BCUT2D eigenvalue weighted by Crippen LogP contribution is -2.11. The molecule has 0 saturated heterocycles. The van der Waals surface area contributed by atoms with E-state index in [1.807, 2.05) is 6.07 Å². The highest BCUT2D eigenvalue weighted by Gasteiger charge is 2.16. The number of allylic oxidation sites excluding steroid dienone is 1. The van der Waals surface area contributed by atoms with Crippen molar-refractivity contribution in [1.82, 2.24) is 14.9 Å². The fourth-order valence-corrected chi connectivity index (χ4v) is 3.92.